The maximum absolute atomic E-state index is 12.6. The highest BCUT2D eigenvalue weighted by atomic mass is 32.2. The number of carbonyl (C=O) groups is 1. The van der Waals surface area contributed by atoms with E-state index in [1.807, 2.05) is 4.57 Å². The Morgan fingerprint density at radius 1 is 1.53 bits per heavy atom. The molecule has 0 radical (unpaired) electrons. The molecule has 7 nitrogen and oxygen atoms in total. The monoisotopic (exact) mass is 447 g/mol. The molecule has 2 heterocycles. The van der Waals surface area contributed by atoms with Gasteiger partial charge in [0.2, 0.25) is 5.91 Å². The molecule has 2 aromatic rings. The summed E-state index contributed by atoms with van der Waals surface area (Å²) < 4.78 is 6.94. The number of nitrogens with one attached hydrogen (secondary N) is 1. The van der Waals surface area contributed by atoms with Crippen molar-refractivity contribution in [1.82, 2.24) is 14.8 Å². The number of hydrogen-bond donors (Lipinski definition) is 1. The molecule has 0 aromatic carbocycles. The Hall–Kier alpha value is -1.89. The Kier molecular flexibility index (Phi) is 7.55. The van der Waals surface area contributed by atoms with Crippen molar-refractivity contribution in [3.8, 4) is 6.07 Å². The van der Waals surface area contributed by atoms with E-state index in [0.29, 0.717) is 34.8 Å². The molecule has 0 saturated heterocycles. The summed E-state index contributed by atoms with van der Waals surface area (Å²) in [4.78, 5) is 13.8. The van der Waals surface area contributed by atoms with Crippen LogP contribution in [0.2, 0.25) is 0 Å². The lowest BCUT2D eigenvalue weighted by molar-refractivity contribution is -0.113. The molecular formula is C21H29N5O2S2. The smallest absolute Gasteiger partial charge is 0.235 e. The third kappa shape index (κ3) is 5.05. The zero-order valence-corrected chi connectivity index (χ0v) is 19.7. The van der Waals surface area contributed by atoms with E-state index in [4.69, 9.17) is 4.74 Å². The Morgan fingerprint density at radius 2 is 2.33 bits per heavy atom. The normalized spacial score (nSPS) is 16.2. The van der Waals surface area contributed by atoms with E-state index in [1.54, 1.807) is 24.8 Å². The Bertz CT molecular complexity index is 928. The first-order chi connectivity index (χ1) is 14.4. The van der Waals surface area contributed by atoms with Gasteiger partial charge in [0.15, 0.2) is 5.16 Å². The number of amides is 1. The minimum Gasteiger partial charge on any atom is -0.383 e. The highest BCUT2D eigenvalue weighted by Gasteiger charge is 2.34. The standard InChI is InChI=1S/C21H29N5O2S2/c1-5-21(2,3)14-6-7-15-16(11-22)19(30-17(15)10-14)24-18(27)12-29-20-25-23-13-26(20)8-9-28-4/h13-14H,5-10,12H2,1-4H3,(H,24,27). The van der Waals surface area contributed by atoms with Crippen LogP contribution in [0.5, 0.6) is 0 Å². The predicted octanol–water partition coefficient (Wildman–Crippen LogP) is 4.13. The Balaban J connectivity index is 1.65. The van der Waals surface area contributed by atoms with Crippen LogP contribution in [0.3, 0.4) is 0 Å². The average molecular weight is 448 g/mol. The summed E-state index contributed by atoms with van der Waals surface area (Å²) in [6, 6.07) is 2.33. The lowest BCUT2D eigenvalue weighted by Crippen LogP contribution is -2.28. The predicted molar refractivity (Wildman–Crippen MR) is 120 cm³/mol. The summed E-state index contributed by atoms with van der Waals surface area (Å²) in [6.45, 7) is 8.09. The quantitative estimate of drug-likeness (QED) is 0.581. The summed E-state index contributed by atoms with van der Waals surface area (Å²) >= 11 is 2.90. The molecule has 1 aliphatic carbocycles. The van der Waals surface area contributed by atoms with E-state index in [1.165, 1.54) is 16.6 Å². The fourth-order valence-corrected chi connectivity index (χ4v) is 5.78. The van der Waals surface area contributed by atoms with Crippen molar-refractivity contribution in [2.24, 2.45) is 11.3 Å². The van der Waals surface area contributed by atoms with E-state index in [9.17, 15) is 10.1 Å². The van der Waals surface area contributed by atoms with Crippen LogP contribution in [0.15, 0.2) is 11.5 Å². The number of rotatable bonds is 9. The average Bonchev–Trinajstić information content (AvgIpc) is 3.33. The minimum atomic E-state index is -0.137. The van der Waals surface area contributed by atoms with Crippen molar-refractivity contribution in [1.29, 1.82) is 5.26 Å². The maximum atomic E-state index is 12.6. The van der Waals surface area contributed by atoms with Crippen LogP contribution in [0, 0.1) is 22.7 Å². The van der Waals surface area contributed by atoms with E-state index < -0.39 is 0 Å². The number of thiophene rings is 1. The number of fused-ring (bicyclic) bond motifs is 1. The second-order valence-electron chi connectivity index (χ2n) is 8.24. The van der Waals surface area contributed by atoms with Crippen LogP contribution < -0.4 is 5.32 Å². The Labute approximate surface area is 186 Å². The Morgan fingerprint density at radius 3 is 3.03 bits per heavy atom. The number of ether oxygens (including phenoxy) is 1. The number of nitrogens with zero attached hydrogens (tertiary/aromatic N) is 4. The largest absolute Gasteiger partial charge is 0.383 e. The van der Waals surface area contributed by atoms with Gasteiger partial charge in [-0.2, -0.15) is 5.26 Å². The van der Waals surface area contributed by atoms with Crippen LogP contribution in [0.4, 0.5) is 5.00 Å². The topological polar surface area (TPSA) is 92.8 Å². The third-order valence-electron chi connectivity index (χ3n) is 6.10. The highest BCUT2D eigenvalue weighted by Crippen LogP contribution is 2.45. The maximum Gasteiger partial charge on any atom is 0.235 e. The minimum absolute atomic E-state index is 0.137. The molecule has 1 amide bonds. The van der Waals surface area contributed by atoms with Crippen LogP contribution in [0.25, 0.3) is 0 Å². The van der Waals surface area contributed by atoms with E-state index in [-0.39, 0.29) is 17.1 Å². The van der Waals surface area contributed by atoms with Gasteiger partial charge in [0.1, 0.15) is 17.4 Å². The van der Waals surface area contributed by atoms with E-state index >= 15 is 0 Å². The SMILES string of the molecule is CCC(C)(C)C1CCc2c(sc(NC(=O)CSc3nncn3CCOC)c2C#N)C1. The molecule has 1 atom stereocenters. The summed E-state index contributed by atoms with van der Waals surface area (Å²) in [5.74, 6) is 0.685. The molecule has 0 spiro atoms. The highest BCUT2D eigenvalue weighted by molar-refractivity contribution is 7.99. The van der Waals surface area contributed by atoms with Gasteiger partial charge < -0.3 is 14.6 Å². The van der Waals surface area contributed by atoms with Gasteiger partial charge in [-0.15, -0.1) is 21.5 Å². The molecule has 162 valence electrons. The number of anilines is 1. The first-order valence-electron chi connectivity index (χ1n) is 10.2. The van der Waals surface area contributed by atoms with Crippen LogP contribution in [-0.4, -0.2) is 40.1 Å². The van der Waals surface area contributed by atoms with Crippen LogP contribution in [0.1, 0.15) is 49.6 Å². The molecular weight excluding hydrogens is 418 g/mol. The summed E-state index contributed by atoms with van der Waals surface area (Å²) in [5.41, 5.74) is 2.06. The molecule has 1 N–H and O–H groups in total. The molecule has 1 unspecified atom stereocenters. The zero-order valence-electron chi connectivity index (χ0n) is 18.0. The number of nitriles is 1. The fraction of sp³-hybridized carbons (Fsp3) is 0.619. The molecule has 2 aromatic heterocycles. The van der Waals surface area contributed by atoms with Crippen molar-refractivity contribution in [2.75, 3.05) is 24.8 Å². The van der Waals surface area contributed by atoms with Crippen LogP contribution in [-0.2, 0) is 28.9 Å². The molecule has 0 fully saturated rings. The van der Waals surface area contributed by atoms with Gasteiger partial charge in [-0.3, -0.25) is 4.79 Å². The fourth-order valence-electron chi connectivity index (χ4n) is 3.74. The van der Waals surface area contributed by atoms with Gasteiger partial charge in [0.05, 0.1) is 17.9 Å². The number of hydrogen-bond acceptors (Lipinski definition) is 7. The third-order valence-corrected chi connectivity index (χ3v) is 8.25. The van der Waals surface area contributed by atoms with Crippen LogP contribution >= 0.6 is 23.1 Å². The van der Waals surface area contributed by atoms with Crippen molar-refractivity contribution in [2.45, 2.75) is 58.2 Å². The van der Waals surface area contributed by atoms with Crippen molar-refractivity contribution < 1.29 is 9.53 Å². The lowest BCUT2D eigenvalue weighted by Gasteiger charge is -2.36. The molecule has 30 heavy (non-hydrogen) atoms. The van der Waals surface area contributed by atoms with Crippen molar-refractivity contribution in [3.05, 3.63) is 22.3 Å². The van der Waals surface area contributed by atoms with Crippen molar-refractivity contribution in [3.63, 3.8) is 0 Å². The van der Waals surface area contributed by atoms with Gasteiger partial charge >= 0.3 is 0 Å². The molecule has 0 bridgehead atoms. The summed E-state index contributed by atoms with van der Waals surface area (Å²) in [6.07, 6.45) is 5.77. The number of carbonyl (C=O) groups excluding carboxylic acids is 1. The van der Waals surface area contributed by atoms with Gasteiger partial charge in [-0.25, -0.2) is 0 Å². The number of methoxy groups -OCH3 is 1. The zero-order chi connectivity index (χ0) is 21.7. The van der Waals surface area contributed by atoms with Crippen molar-refractivity contribution >= 4 is 34.0 Å². The van der Waals surface area contributed by atoms with Gasteiger partial charge in [-0.05, 0) is 36.2 Å². The molecule has 3 rings (SSSR count). The first-order valence-corrected chi connectivity index (χ1v) is 12.0. The summed E-state index contributed by atoms with van der Waals surface area (Å²) in [5, 5.41) is 22.0. The van der Waals surface area contributed by atoms with E-state index in [0.717, 1.165) is 31.2 Å². The number of thioether (sulfide) groups is 1. The molecule has 9 heteroatoms. The molecule has 0 saturated carbocycles. The summed E-state index contributed by atoms with van der Waals surface area (Å²) in [7, 11) is 1.64. The van der Waals surface area contributed by atoms with E-state index in [2.05, 4.69) is 42.4 Å². The molecule has 1 aliphatic rings. The lowest BCUT2D eigenvalue weighted by atomic mass is 9.69. The van der Waals surface area contributed by atoms with Gasteiger partial charge in [0, 0.05) is 18.5 Å². The second kappa shape index (κ2) is 9.94. The first kappa shape index (κ1) is 22.8. The second-order valence-corrected chi connectivity index (χ2v) is 10.3. The number of aromatic nitrogens is 3. The van der Waals surface area contributed by atoms with Gasteiger partial charge in [0.25, 0.3) is 0 Å². The molecule has 0 aliphatic heterocycles. The van der Waals surface area contributed by atoms with Gasteiger partial charge in [-0.1, -0.05) is 39.0 Å².